The molecular weight excluding hydrogens is 240 g/mol. The molecule has 0 bridgehead atoms. The van der Waals surface area contributed by atoms with Crippen molar-refractivity contribution >= 4 is 29.1 Å². The molecule has 0 unspecified atom stereocenters. The highest BCUT2D eigenvalue weighted by Gasteiger charge is 2.05. The number of nitrogens with two attached hydrogens (primary N) is 1. The molecule has 0 saturated heterocycles. The predicted molar refractivity (Wildman–Crippen MR) is 69.0 cm³/mol. The number of hydrogen-bond donors (Lipinski definition) is 1. The van der Waals surface area contributed by atoms with Gasteiger partial charge in [0, 0.05) is 16.8 Å². The maximum absolute atomic E-state index is 6.05. The van der Waals surface area contributed by atoms with Crippen LogP contribution in [0.4, 0.5) is 5.69 Å². The molecule has 0 aliphatic rings. The van der Waals surface area contributed by atoms with E-state index in [0.29, 0.717) is 5.02 Å². The van der Waals surface area contributed by atoms with Crippen molar-refractivity contribution in [2.24, 2.45) is 0 Å². The average Bonchev–Trinajstić information content (AvgIpc) is 2.25. The van der Waals surface area contributed by atoms with Crippen LogP contribution in [0.1, 0.15) is 5.56 Å². The van der Waals surface area contributed by atoms with Crippen LogP contribution in [0.25, 0.3) is 0 Å². The fraction of sp³-hybridized carbons (Fsp3) is 0.0833. The Labute approximate surface area is 104 Å². The first-order chi connectivity index (χ1) is 7.66. The molecule has 2 aromatic rings. The van der Waals surface area contributed by atoms with Gasteiger partial charge in [-0.25, -0.2) is 4.98 Å². The van der Waals surface area contributed by atoms with Gasteiger partial charge in [-0.3, -0.25) is 0 Å². The van der Waals surface area contributed by atoms with Crippen molar-refractivity contribution in [2.45, 2.75) is 16.8 Å². The maximum Gasteiger partial charge on any atom is 0.119 e. The van der Waals surface area contributed by atoms with E-state index >= 15 is 0 Å². The number of rotatable bonds is 2. The molecule has 16 heavy (non-hydrogen) atoms. The molecule has 82 valence electrons. The molecule has 0 aliphatic carbocycles. The van der Waals surface area contributed by atoms with Gasteiger partial charge < -0.3 is 5.73 Å². The molecule has 0 radical (unpaired) electrons. The van der Waals surface area contributed by atoms with Crippen molar-refractivity contribution in [3.8, 4) is 0 Å². The fourth-order valence-corrected chi connectivity index (χ4v) is 2.42. The van der Waals surface area contributed by atoms with Crippen LogP contribution in [0.5, 0.6) is 0 Å². The van der Waals surface area contributed by atoms with E-state index in [1.54, 1.807) is 18.0 Å². The maximum atomic E-state index is 6.05. The van der Waals surface area contributed by atoms with Crippen LogP contribution < -0.4 is 5.73 Å². The van der Waals surface area contributed by atoms with E-state index in [1.165, 1.54) is 0 Å². The molecule has 0 amide bonds. The van der Waals surface area contributed by atoms with Gasteiger partial charge in [0.2, 0.25) is 0 Å². The normalized spacial score (nSPS) is 10.4. The van der Waals surface area contributed by atoms with Crippen molar-refractivity contribution in [3.63, 3.8) is 0 Å². The van der Waals surface area contributed by atoms with Crippen LogP contribution in [-0.4, -0.2) is 4.98 Å². The molecule has 0 fully saturated rings. The van der Waals surface area contributed by atoms with Gasteiger partial charge in [0.1, 0.15) is 5.03 Å². The monoisotopic (exact) mass is 250 g/mol. The summed E-state index contributed by atoms with van der Waals surface area (Å²) in [5, 5.41) is 1.49. The van der Waals surface area contributed by atoms with Crippen LogP contribution in [0.15, 0.2) is 46.5 Å². The molecule has 0 atom stereocenters. The number of halogens is 1. The Hall–Kier alpha value is -1.19. The van der Waals surface area contributed by atoms with Crippen LogP contribution >= 0.6 is 23.4 Å². The molecule has 0 saturated carbocycles. The first kappa shape index (κ1) is 11.3. The number of aryl methyl sites for hydroxylation is 1. The van der Waals surface area contributed by atoms with E-state index < -0.39 is 0 Å². The largest absolute Gasteiger partial charge is 0.399 e. The molecule has 4 heteroatoms. The Morgan fingerprint density at radius 2 is 2.12 bits per heavy atom. The minimum Gasteiger partial charge on any atom is -0.399 e. The summed E-state index contributed by atoms with van der Waals surface area (Å²) >= 11 is 7.60. The Kier molecular flexibility index (Phi) is 3.36. The van der Waals surface area contributed by atoms with Gasteiger partial charge in [0.25, 0.3) is 0 Å². The Bertz CT molecular complexity index is 514. The number of aromatic nitrogens is 1. The van der Waals surface area contributed by atoms with Crippen LogP contribution in [0.3, 0.4) is 0 Å². The number of anilines is 1. The summed E-state index contributed by atoms with van der Waals surface area (Å²) in [4.78, 5) is 5.36. The summed E-state index contributed by atoms with van der Waals surface area (Å²) in [6, 6.07) is 9.47. The number of hydrogen-bond acceptors (Lipinski definition) is 3. The van der Waals surface area contributed by atoms with E-state index in [4.69, 9.17) is 17.3 Å². The third-order valence-corrected chi connectivity index (χ3v) is 3.74. The SMILES string of the molecule is Cc1cc(N)ccc1Sc1ncccc1Cl. The molecule has 2 rings (SSSR count). The molecule has 2 nitrogen and oxygen atoms in total. The van der Waals surface area contributed by atoms with Gasteiger partial charge in [0.05, 0.1) is 5.02 Å². The van der Waals surface area contributed by atoms with Gasteiger partial charge in [-0.2, -0.15) is 0 Å². The second-order valence-corrected chi connectivity index (χ2v) is 4.86. The van der Waals surface area contributed by atoms with E-state index in [1.807, 2.05) is 37.3 Å². The van der Waals surface area contributed by atoms with Crippen molar-refractivity contribution in [1.82, 2.24) is 4.98 Å². The molecule has 0 spiro atoms. The predicted octanol–water partition coefficient (Wildman–Crippen LogP) is 3.78. The van der Waals surface area contributed by atoms with E-state index in [-0.39, 0.29) is 0 Å². The standard InChI is InChI=1S/C12H11ClN2S/c1-8-7-9(14)4-5-11(8)16-12-10(13)3-2-6-15-12/h2-7H,14H2,1H3. The first-order valence-electron chi connectivity index (χ1n) is 4.81. The summed E-state index contributed by atoms with van der Waals surface area (Å²) in [6.07, 6.45) is 1.74. The minimum absolute atomic E-state index is 0.670. The summed E-state index contributed by atoms with van der Waals surface area (Å²) in [5.74, 6) is 0. The fourth-order valence-electron chi connectivity index (χ4n) is 1.34. The topological polar surface area (TPSA) is 38.9 Å². The summed E-state index contributed by atoms with van der Waals surface area (Å²) in [6.45, 7) is 2.02. The zero-order valence-electron chi connectivity index (χ0n) is 8.77. The highest BCUT2D eigenvalue weighted by atomic mass is 35.5. The van der Waals surface area contributed by atoms with Gasteiger partial charge in [-0.15, -0.1) is 0 Å². The van der Waals surface area contributed by atoms with Crippen molar-refractivity contribution in [3.05, 3.63) is 47.1 Å². The molecule has 1 aromatic carbocycles. The summed E-state index contributed by atoms with van der Waals surface area (Å²) < 4.78 is 0. The lowest BCUT2D eigenvalue weighted by Gasteiger charge is -2.06. The minimum atomic E-state index is 0.670. The second kappa shape index (κ2) is 4.76. The van der Waals surface area contributed by atoms with Crippen molar-refractivity contribution < 1.29 is 0 Å². The molecule has 0 aliphatic heterocycles. The van der Waals surface area contributed by atoms with Gasteiger partial charge in [-0.1, -0.05) is 23.4 Å². The lowest BCUT2D eigenvalue weighted by atomic mass is 10.2. The van der Waals surface area contributed by atoms with Crippen molar-refractivity contribution in [2.75, 3.05) is 5.73 Å². The summed E-state index contributed by atoms with van der Waals surface area (Å²) in [7, 11) is 0. The highest BCUT2D eigenvalue weighted by Crippen LogP contribution is 2.33. The molecule has 1 heterocycles. The third kappa shape index (κ3) is 2.49. The average molecular weight is 251 g/mol. The van der Waals surface area contributed by atoms with Gasteiger partial charge >= 0.3 is 0 Å². The molecule has 2 N–H and O–H groups in total. The van der Waals surface area contributed by atoms with Crippen molar-refractivity contribution in [1.29, 1.82) is 0 Å². The van der Waals surface area contributed by atoms with Gasteiger partial charge in [-0.05, 0) is 42.8 Å². The van der Waals surface area contributed by atoms with Crippen LogP contribution in [0.2, 0.25) is 5.02 Å². The van der Waals surface area contributed by atoms with E-state index in [2.05, 4.69) is 4.98 Å². The zero-order valence-corrected chi connectivity index (χ0v) is 10.3. The first-order valence-corrected chi connectivity index (χ1v) is 6.01. The van der Waals surface area contributed by atoms with Crippen LogP contribution in [0, 0.1) is 6.92 Å². The quantitative estimate of drug-likeness (QED) is 0.825. The zero-order chi connectivity index (χ0) is 11.5. The highest BCUT2D eigenvalue weighted by molar-refractivity contribution is 7.99. The van der Waals surface area contributed by atoms with Crippen LogP contribution in [-0.2, 0) is 0 Å². The van der Waals surface area contributed by atoms with E-state index in [0.717, 1.165) is 21.2 Å². The Morgan fingerprint density at radius 3 is 2.81 bits per heavy atom. The Balaban J connectivity index is 2.31. The number of nitrogens with zero attached hydrogens (tertiary/aromatic N) is 1. The molecule has 1 aromatic heterocycles. The van der Waals surface area contributed by atoms with E-state index in [9.17, 15) is 0 Å². The van der Waals surface area contributed by atoms with Gasteiger partial charge in [0.15, 0.2) is 0 Å². The summed E-state index contributed by atoms with van der Waals surface area (Å²) in [5.41, 5.74) is 7.60. The lowest BCUT2D eigenvalue weighted by Crippen LogP contribution is -1.88. The Morgan fingerprint density at radius 1 is 1.31 bits per heavy atom. The third-order valence-electron chi connectivity index (χ3n) is 2.13. The smallest absolute Gasteiger partial charge is 0.119 e. The number of nitrogen functional groups attached to an aromatic ring is 1. The lowest BCUT2D eigenvalue weighted by molar-refractivity contribution is 1.13. The molecular formula is C12H11ClN2S. The second-order valence-electron chi connectivity index (χ2n) is 3.42. The number of benzene rings is 1. The number of pyridine rings is 1.